The second-order valence-electron chi connectivity index (χ2n) is 3.47. The summed E-state index contributed by atoms with van der Waals surface area (Å²) in [4.78, 5) is 0. The van der Waals surface area contributed by atoms with Crippen molar-refractivity contribution in [3.63, 3.8) is 0 Å². The average Bonchev–Trinajstić information content (AvgIpc) is 1.77. The van der Waals surface area contributed by atoms with E-state index < -0.39 is 11.2 Å². The van der Waals surface area contributed by atoms with Crippen molar-refractivity contribution in [3.8, 4) is 0 Å². The topological polar surface area (TPSA) is 52.5 Å². The Bertz CT molecular complexity index is 120. The van der Waals surface area contributed by atoms with Gasteiger partial charge in [-0.15, -0.1) is 12.4 Å². The first-order valence-corrected chi connectivity index (χ1v) is 3.61. The minimum atomic E-state index is -0.981. The van der Waals surface area contributed by atoms with E-state index in [2.05, 4.69) is 5.32 Å². The van der Waals surface area contributed by atoms with Gasteiger partial charge in [0.25, 0.3) is 0 Å². The van der Waals surface area contributed by atoms with Crippen LogP contribution in [0.1, 0.15) is 20.3 Å². The third-order valence-corrected chi connectivity index (χ3v) is 2.42. The van der Waals surface area contributed by atoms with Crippen LogP contribution in [0, 0.1) is 0 Å². The van der Waals surface area contributed by atoms with Gasteiger partial charge in [-0.25, -0.2) is 0 Å². The van der Waals surface area contributed by atoms with Crippen LogP contribution in [0.25, 0.3) is 0 Å². The number of β-amino-alcohol motifs (C(OH)–C–C–N with tert-alkyl or cyclic N) is 1. The van der Waals surface area contributed by atoms with Crippen LogP contribution in [0.4, 0.5) is 0 Å². The molecular formula is C7H16ClNO2. The molecule has 2 atom stereocenters. The Kier molecular flexibility index (Phi) is 3.32. The van der Waals surface area contributed by atoms with Gasteiger partial charge in [0.05, 0.1) is 5.60 Å². The van der Waals surface area contributed by atoms with Crippen molar-refractivity contribution in [3.05, 3.63) is 0 Å². The molecule has 68 valence electrons. The monoisotopic (exact) mass is 181 g/mol. The zero-order valence-electron chi connectivity index (χ0n) is 6.92. The van der Waals surface area contributed by atoms with Gasteiger partial charge in [-0.3, -0.25) is 0 Å². The van der Waals surface area contributed by atoms with Crippen LogP contribution in [0.5, 0.6) is 0 Å². The minimum absolute atomic E-state index is 0. The Balaban J connectivity index is 0.000001000. The van der Waals surface area contributed by atoms with Crippen LogP contribution in [0.3, 0.4) is 0 Å². The van der Waals surface area contributed by atoms with E-state index >= 15 is 0 Å². The molecule has 0 unspecified atom stereocenters. The highest BCUT2D eigenvalue weighted by Crippen LogP contribution is 2.26. The summed E-state index contributed by atoms with van der Waals surface area (Å²) < 4.78 is 0. The average molecular weight is 182 g/mol. The molecule has 0 amide bonds. The molecule has 1 aliphatic heterocycles. The van der Waals surface area contributed by atoms with Gasteiger partial charge in [-0.05, 0) is 26.8 Å². The lowest BCUT2D eigenvalue weighted by Gasteiger charge is -2.42. The molecule has 0 aromatic rings. The number of aliphatic hydroxyl groups is 2. The molecule has 1 fully saturated rings. The third-order valence-electron chi connectivity index (χ3n) is 2.42. The lowest BCUT2D eigenvalue weighted by molar-refractivity contribution is -0.144. The van der Waals surface area contributed by atoms with E-state index in [0.29, 0.717) is 13.0 Å². The standard InChI is InChI=1S/C7H15NO2.ClH/c1-6(9)3-4-8-5-7(6,2)10;/h8-10H,3-5H2,1-2H3;1H/t6-,7+;/m0./s1. The van der Waals surface area contributed by atoms with Crippen LogP contribution in [0.15, 0.2) is 0 Å². The zero-order valence-corrected chi connectivity index (χ0v) is 7.74. The van der Waals surface area contributed by atoms with Gasteiger partial charge < -0.3 is 15.5 Å². The fraction of sp³-hybridized carbons (Fsp3) is 1.00. The second-order valence-corrected chi connectivity index (χ2v) is 3.47. The Labute approximate surface area is 73.2 Å². The summed E-state index contributed by atoms with van der Waals surface area (Å²) in [6.07, 6.45) is 0.611. The van der Waals surface area contributed by atoms with Crippen molar-refractivity contribution in [2.75, 3.05) is 13.1 Å². The van der Waals surface area contributed by atoms with Crippen molar-refractivity contribution >= 4 is 12.4 Å². The van der Waals surface area contributed by atoms with Crippen LogP contribution in [0.2, 0.25) is 0 Å². The fourth-order valence-corrected chi connectivity index (χ4v) is 1.12. The first kappa shape index (κ1) is 11.2. The molecule has 1 rings (SSSR count). The molecule has 0 spiro atoms. The third kappa shape index (κ3) is 2.06. The lowest BCUT2D eigenvalue weighted by Crippen LogP contribution is -2.60. The van der Waals surface area contributed by atoms with E-state index in [9.17, 15) is 10.2 Å². The van der Waals surface area contributed by atoms with E-state index in [1.807, 2.05) is 0 Å². The first-order valence-electron chi connectivity index (χ1n) is 3.61. The van der Waals surface area contributed by atoms with Gasteiger partial charge in [-0.2, -0.15) is 0 Å². The second kappa shape index (κ2) is 3.27. The maximum atomic E-state index is 9.61. The predicted octanol–water partition coefficient (Wildman–Crippen LogP) is -0.0965. The lowest BCUT2D eigenvalue weighted by atomic mass is 9.81. The summed E-state index contributed by atoms with van der Waals surface area (Å²) in [7, 11) is 0. The van der Waals surface area contributed by atoms with Gasteiger partial charge >= 0.3 is 0 Å². The molecule has 0 aromatic carbocycles. The van der Waals surface area contributed by atoms with E-state index in [0.717, 1.165) is 6.54 Å². The summed E-state index contributed by atoms with van der Waals surface area (Å²) in [5.41, 5.74) is -1.91. The molecule has 0 aliphatic carbocycles. The van der Waals surface area contributed by atoms with E-state index in [1.165, 1.54) is 0 Å². The van der Waals surface area contributed by atoms with Crippen LogP contribution in [-0.2, 0) is 0 Å². The minimum Gasteiger partial charge on any atom is -0.387 e. The summed E-state index contributed by atoms with van der Waals surface area (Å²) in [5.74, 6) is 0. The number of piperidine rings is 1. The first-order chi connectivity index (χ1) is 4.46. The quantitative estimate of drug-likeness (QED) is 0.490. The van der Waals surface area contributed by atoms with Crippen molar-refractivity contribution in [1.82, 2.24) is 5.32 Å². The Hall–Kier alpha value is 0.170. The number of hydrogen-bond donors (Lipinski definition) is 3. The van der Waals surface area contributed by atoms with E-state index in [1.54, 1.807) is 13.8 Å². The largest absolute Gasteiger partial charge is 0.387 e. The molecule has 0 saturated carbocycles. The molecule has 0 aromatic heterocycles. The fourth-order valence-electron chi connectivity index (χ4n) is 1.12. The summed E-state index contributed by atoms with van der Waals surface area (Å²) in [6.45, 7) is 4.58. The van der Waals surface area contributed by atoms with Gasteiger partial charge in [0.1, 0.15) is 5.60 Å². The molecule has 1 saturated heterocycles. The summed E-state index contributed by atoms with van der Waals surface area (Å²) >= 11 is 0. The number of hydrogen-bond acceptors (Lipinski definition) is 3. The van der Waals surface area contributed by atoms with Crippen molar-refractivity contribution in [2.24, 2.45) is 0 Å². The van der Waals surface area contributed by atoms with Crippen LogP contribution in [-0.4, -0.2) is 34.5 Å². The van der Waals surface area contributed by atoms with Crippen molar-refractivity contribution in [2.45, 2.75) is 31.5 Å². The van der Waals surface area contributed by atoms with E-state index in [4.69, 9.17) is 0 Å². The molecule has 1 heterocycles. The molecule has 3 nitrogen and oxygen atoms in total. The molecule has 11 heavy (non-hydrogen) atoms. The molecule has 0 bridgehead atoms. The van der Waals surface area contributed by atoms with Crippen molar-refractivity contribution in [1.29, 1.82) is 0 Å². The number of rotatable bonds is 0. The van der Waals surface area contributed by atoms with Gasteiger partial charge in [-0.1, -0.05) is 0 Å². The SMILES string of the molecule is C[C@]1(O)CCNC[C@@]1(C)O.Cl. The maximum Gasteiger partial charge on any atom is 0.103 e. The molecule has 3 N–H and O–H groups in total. The molecular weight excluding hydrogens is 166 g/mol. The normalized spacial score (nSPS) is 44.7. The number of halogens is 1. The highest BCUT2D eigenvalue weighted by atomic mass is 35.5. The Morgan fingerprint density at radius 3 is 2.00 bits per heavy atom. The highest BCUT2D eigenvalue weighted by Gasteiger charge is 2.43. The Morgan fingerprint density at radius 1 is 1.18 bits per heavy atom. The van der Waals surface area contributed by atoms with Gasteiger partial charge in [0, 0.05) is 6.54 Å². The number of nitrogens with one attached hydrogen (secondary N) is 1. The molecule has 0 radical (unpaired) electrons. The zero-order chi connectivity index (χ0) is 7.83. The van der Waals surface area contributed by atoms with E-state index in [-0.39, 0.29) is 12.4 Å². The van der Waals surface area contributed by atoms with Gasteiger partial charge in [0.2, 0.25) is 0 Å². The van der Waals surface area contributed by atoms with Crippen LogP contribution >= 0.6 is 12.4 Å². The maximum absolute atomic E-state index is 9.61. The molecule has 1 aliphatic rings. The smallest absolute Gasteiger partial charge is 0.103 e. The van der Waals surface area contributed by atoms with Crippen LogP contribution < -0.4 is 5.32 Å². The summed E-state index contributed by atoms with van der Waals surface area (Å²) in [5, 5.41) is 22.2. The summed E-state index contributed by atoms with van der Waals surface area (Å²) in [6, 6.07) is 0. The van der Waals surface area contributed by atoms with Crippen molar-refractivity contribution < 1.29 is 10.2 Å². The van der Waals surface area contributed by atoms with Gasteiger partial charge in [0.15, 0.2) is 0 Å². The predicted molar refractivity (Wildman–Crippen MR) is 46.0 cm³/mol. The molecule has 4 heteroatoms. The Morgan fingerprint density at radius 2 is 1.73 bits per heavy atom. The highest BCUT2D eigenvalue weighted by molar-refractivity contribution is 5.85.